The summed E-state index contributed by atoms with van der Waals surface area (Å²) in [5.41, 5.74) is -0.453. The van der Waals surface area contributed by atoms with Crippen molar-refractivity contribution in [3.05, 3.63) is 48.2 Å². The fraction of sp³-hybridized carbons (Fsp3) is 0.154. The molecule has 1 heterocycles. The van der Waals surface area contributed by atoms with Crippen molar-refractivity contribution in [3.63, 3.8) is 0 Å². The van der Waals surface area contributed by atoms with E-state index in [1.165, 1.54) is 18.2 Å². The van der Waals surface area contributed by atoms with Crippen molar-refractivity contribution in [1.82, 2.24) is 4.98 Å². The molecule has 2 aromatic rings. The summed E-state index contributed by atoms with van der Waals surface area (Å²) >= 11 is 0. The van der Waals surface area contributed by atoms with Crippen LogP contribution in [-0.2, 0) is 10.0 Å². The Morgan fingerprint density at radius 2 is 1.95 bits per heavy atom. The lowest BCUT2D eigenvalue weighted by Gasteiger charge is -2.09. The van der Waals surface area contributed by atoms with Crippen molar-refractivity contribution in [2.75, 3.05) is 16.6 Å². The van der Waals surface area contributed by atoms with Crippen LogP contribution in [-0.4, -0.2) is 19.9 Å². The summed E-state index contributed by atoms with van der Waals surface area (Å²) in [5, 5.41) is 2.92. The van der Waals surface area contributed by atoms with Crippen LogP contribution in [0.25, 0.3) is 0 Å². The quantitative estimate of drug-likeness (QED) is 0.890. The van der Waals surface area contributed by atoms with Gasteiger partial charge in [-0.05, 0) is 31.2 Å². The highest BCUT2D eigenvalue weighted by atomic mass is 32.2. The van der Waals surface area contributed by atoms with Crippen molar-refractivity contribution in [2.24, 2.45) is 0 Å². The van der Waals surface area contributed by atoms with Gasteiger partial charge in [0.2, 0.25) is 0 Å². The number of rotatable bonds is 5. The number of halogens is 2. The minimum absolute atomic E-state index is 0.146. The van der Waals surface area contributed by atoms with E-state index >= 15 is 0 Å². The van der Waals surface area contributed by atoms with Gasteiger partial charge in [0.05, 0.1) is 5.69 Å². The summed E-state index contributed by atoms with van der Waals surface area (Å²) in [4.78, 5) is 3.77. The molecule has 0 spiro atoms. The number of hydrogen-bond donors (Lipinski definition) is 2. The fourth-order valence-corrected chi connectivity index (χ4v) is 2.61. The first-order chi connectivity index (χ1) is 9.94. The first kappa shape index (κ1) is 15.2. The summed E-state index contributed by atoms with van der Waals surface area (Å²) in [6.45, 7) is 2.52. The first-order valence-corrected chi connectivity index (χ1v) is 7.59. The van der Waals surface area contributed by atoms with Gasteiger partial charge in [0.25, 0.3) is 10.0 Å². The summed E-state index contributed by atoms with van der Waals surface area (Å²) in [6, 6.07) is 6.06. The molecule has 0 atom stereocenters. The summed E-state index contributed by atoms with van der Waals surface area (Å²) in [5.74, 6) is -1.86. The Morgan fingerprint density at radius 3 is 2.57 bits per heavy atom. The fourth-order valence-electron chi connectivity index (χ4n) is 1.61. The lowest BCUT2D eigenvalue weighted by atomic mass is 10.3. The second-order valence-corrected chi connectivity index (χ2v) is 5.80. The van der Waals surface area contributed by atoms with Crippen molar-refractivity contribution in [2.45, 2.75) is 11.8 Å². The normalized spacial score (nSPS) is 11.2. The molecular formula is C13H13F2N3O2S. The molecule has 0 fully saturated rings. The lowest BCUT2D eigenvalue weighted by Crippen LogP contribution is -2.15. The second-order valence-electron chi connectivity index (χ2n) is 4.12. The van der Waals surface area contributed by atoms with Gasteiger partial charge in [0, 0.05) is 12.7 Å². The first-order valence-electron chi connectivity index (χ1n) is 6.11. The average molecular weight is 313 g/mol. The van der Waals surface area contributed by atoms with Gasteiger partial charge in [0.1, 0.15) is 10.7 Å². The van der Waals surface area contributed by atoms with Gasteiger partial charge in [-0.2, -0.15) is 0 Å². The third kappa shape index (κ3) is 3.46. The van der Waals surface area contributed by atoms with E-state index in [9.17, 15) is 17.2 Å². The summed E-state index contributed by atoms with van der Waals surface area (Å²) < 4.78 is 52.7. The highest BCUT2D eigenvalue weighted by Gasteiger charge is 2.18. The van der Waals surface area contributed by atoms with E-state index in [1.54, 1.807) is 0 Å². The number of anilines is 2. The van der Waals surface area contributed by atoms with Gasteiger partial charge >= 0.3 is 0 Å². The molecule has 0 saturated heterocycles. The average Bonchev–Trinajstić information content (AvgIpc) is 2.45. The largest absolute Gasteiger partial charge is 0.370 e. The maximum atomic E-state index is 13.5. The van der Waals surface area contributed by atoms with Gasteiger partial charge in [-0.25, -0.2) is 22.2 Å². The van der Waals surface area contributed by atoms with Gasteiger partial charge in [-0.3, -0.25) is 4.72 Å². The van der Waals surface area contributed by atoms with Crippen molar-refractivity contribution in [3.8, 4) is 0 Å². The molecule has 0 aliphatic rings. The van der Waals surface area contributed by atoms with Crippen LogP contribution < -0.4 is 10.0 Å². The van der Waals surface area contributed by atoms with E-state index in [4.69, 9.17) is 0 Å². The van der Waals surface area contributed by atoms with Crippen molar-refractivity contribution >= 4 is 21.5 Å². The van der Waals surface area contributed by atoms with E-state index in [1.807, 2.05) is 11.6 Å². The predicted molar refractivity (Wildman–Crippen MR) is 75.6 cm³/mol. The number of benzene rings is 1. The molecule has 0 aliphatic heterocycles. The van der Waals surface area contributed by atoms with E-state index in [0.29, 0.717) is 12.4 Å². The maximum absolute atomic E-state index is 13.5. The summed E-state index contributed by atoms with van der Waals surface area (Å²) in [7, 11) is -4.03. The molecule has 21 heavy (non-hydrogen) atoms. The number of nitrogens with one attached hydrogen (secondary N) is 2. The Kier molecular flexibility index (Phi) is 4.37. The Hall–Kier alpha value is -2.22. The highest BCUT2D eigenvalue weighted by molar-refractivity contribution is 7.92. The number of nitrogens with zero attached hydrogens (tertiary/aromatic N) is 1. The molecule has 2 N–H and O–H groups in total. The van der Waals surface area contributed by atoms with Crippen LogP contribution in [0.1, 0.15) is 6.92 Å². The Morgan fingerprint density at radius 1 is 1.19 bits per heavy atom. The van der Waals surface area contributed by atoms with E-state index in [2.05, 4.69) is 10.3 Å². The molecule has 2 rings (SSSR count). The molecule has 1 aromatic heterocycles. The molecule has 0 aliphatic carbocycles. The number of pyridine rings is 1. The van der Waals surface area contributed by atoms with Crippen molar-refractivity contribution in [1.29, 1.82) is 0 Å². The van der Waals surface area contributed by atoms with Gasteiger partial charge in [-0.1, -0.05) is 6.07 Å². The minimum atomic E-state index is -4.03. The third-order valence-corrected chi connectivity index (χ3v) is 3.95. The number of hydrogen-bond acceptors (Lipinski definition) is 4. The monoisotopic (exact) mass is 313 g/mol. The van der Waals surface area contributed by atoms with Crippen LogP contribution in [0.2, 0.25) is 0 Å². The molecule has 0 bridgehead atoms. The highest BCUT2D eigenvalue weighted by Crippen LogP contribution is 2.21. The number of sulfonamides is 1. The Bertz CT molecular complexity index is 734. The van der Waals surface area contributed by atoms with Crippen LogP contribution in [0.15, 0.2) is 41.4 Å². The Balaban J connectivity index is 2.27. The zero-order valence-corrected chi connectivity index (χ0v) is 11.9. The topological polar surface area (TPSA) is 71.1 Å². The molecule has 8 heteroatoms. The molecule has 0 amide bonds. The second kappa shape index (κ2) is 6.04. The van der Waals surface area contributed by atoms with E-state index < -0.39 is 27.3 Å². The molecule has 1 aromatic carbocycles. The number of aromatic nitrogens is 1. The molecule has 5 nitrogen and oxygen atoms in total. The van der Waals surface area contributed by atoms with Gasteiger partial charge in [0.15, 0.2) is 11.6 Å². The molecule has 112 valence electrons. The van der Waals surface area contributed by atoms with Gasteiger partial charge in [-0.15, -0.1) is 0 Å². The molecule has 0 unspecified atom stereocenters. The van der Waals surface area contributed by atoms with Crippen LogP contribution in [0, 0.1) is 11.6 Å². The van der Waals surface area contributed by atoms with Crippen LogP contribution in [0.3, 0.4) is 0 Å². The predicted octanol–water partition coefficient (Wildman–Crippen LogP) is 2.59. The molecular weight excluding hydrogens is 300 g/mol. The summed E-state index contributed by atoms with van der Waals surface area (Å²) in [6.07, 6.45) is 1.14. The van der Waals surface area contributed by atoms with Crippen LogP contribution in [0.4, 0.5) is 20.3 Å². The third-order valence-electron chi connectivity index (χ3n) is 2.60. The standard InChI is InChI=1S/C13H13F2N3O2S/c1-2-16-12-7-6-9(8-17-12)21(19,20)18-11-5-3-4-10(14)13(11)15/h3-8,18H,2H2,1H3,(H,16,17). The van der Waals surface area contributed by atoms with Crippen molar-refractivity contribution < 1.29 is 17.2 Å². The molecule has 0 radical (unpaired) electrons. The minimum Gasteiger partial charge on any atom is -0.370 e. The SMILES string of the molecule is CCNc1ccc(S(=O)(=O)Nc2cccc(F)c2F)cn1. The zero-order chi connectivity index (χ0) is 15.5. The molecule has 0 saturated carbocycles. The van der Waals surface area contributed by atoms with Crippen LogP contribution >= 0.6 is 0 Å². The Labute approximate surface area is 121 Å². The van der Waals surface area contributed by atoms with E-state index in [0.717, 1.165) is 18.3 Å². The maximum Gasteiger partial charge on any atom is 0.263 e. The smallest absolute Gasteiger partial charge is 0.263 e. The van der Waals surface area contributed by atoms with Crippen LogP contribution in [0.5, 0.6) is 0 Å². The van der Waals surface area contributed by atoms with Gasteiger partial charge < -0.3 is 5.32 Å². The zero-order valence-electron chi connectivity index (χ0n) is 11.1. The van der Waals surface area contributed by atoms with E-state index in [-0.39, 0.29) is 4.90 Å². The lowest BCUT2D eigenvalue weighted by molar-refractivity contribution is 0.511.